The number of aromatic carboxylic acids is 1. The number of ketones is 1. The van der Waals surface area contributed by atoms with E-state index < -0.39 is 5.97 Å². The molecule has 0 aliphatic rings. The number of carbonyl (C=O) groups is 2. The minimum Gasteiger partial charge on any atom is -0.478 e. The smallest absolute Gasteiger partial charge is 0.335 e. The number of carboxylic acid groups (broad SMARTS) is 1. The van der Waals surface area contributed by atoms with E-state index in [4.69, 9.17) is 14.6 Å². The Morgan fingerprint density at radius 2 is 1.74 bits per heavy atom. The number of hydrogen-bond donors (Lipinski definition) is 1. The van der Waals surface area contributed by atoms with Gasteiger partial charge < -0.3 is 14.6 Å². The standard InChI is InChI=1S/C17H16O5S/c1-21-10-22-15-8-7-13(23-2)9-14(15)16(18)11-3-5-12(6-4-11)17(19)20/h3-9H,10H2,1-2H3,(H,19,20). The molecule has 0 unspecified atom stereocenters. The van der Waals surface area contributed by atoms with Crippen LogP contribution in [0.3, 0.4) is 0 Å². The van der Waals surface area contributed by atoms with Gasteiger partial charge >= 0.3 is 5.97 Å². The molecule has 2 rings (SSSR count). The summed E-state index contributed by atoms with van der Waals surface area (Å²) in [7, 11) is 1.50. The lowest BCUT2D eigenvalue weighted by atomic mass is 10.0. The molecule has 0 aliphatic carbocycles. The van der Waals surface area contributed by atoms with Gasteiger partial charge in [-0.2, -0.15) is 0 Å². The van der Waals surface area contributed by atoms with Crippen LogP contribution in [-0.2, 0) is 4.74 Å². The number of ether oxygens (including phenoxy) is 2. The van der Waals surface area contributed by atoms with Crippen molar-refractivity contribution < 1.29 is 24.2 Å². The third-order valence-electron chi connectivity index (χ3n) is 3.16. The van der Waals surface area contributed by atoms with Crippen molar-refractivity contribution in [2.45, 2.75) is 4.90 Å². The summed E-state index contributed by atoms with van der Waals surface area (Å²) >= 11 is 1.52. The Kier molecular flexibility index (Phi) is 5.78. The highest BCUT2D eigenvalue weighted by Gasteiger charge is 2.16. The maximum atomic E-state index is 12.7. The van der Waals surface area contributed by atoms with Crippen LogP contribution in [0.25, 0.3) is 0 Å². The third-order valence-corrected chi connectivity index (χ3v) is 3.88. The van der Waals surface area contributed by atoms with Crippen molar-refractivity contribution in [2.75, 3.05) is 20.2 Å². The Balaban J connectivity index is 2.37. The van der Waals surface area contributed by atoms with Crippen LogP contribution < -0.4 is 4.74 Å². The van der Waals surface area contributed by atoms with Gasteiger partial charge in [0.15, 0.2) is 12.6 Å². The maximum Gasteiger partial charge on any atom is 0.335 e. The van der Waals surface area contributed by atoms with Crippen LogP contribution in [0.5, 0.6) is 5.75 Å². The predicted molar refractivity (Wildman–Crippen MR) is 87.6 cm³/mol. The Morgan fingerprint density at radius 3 is 2.30 bits per heavy atom. The quantitative estimate of drug-likeness (QED) is 0.476. The van der Waals surface area contributed by atoms with Crippen LogP contribution in [0.2, 0.25) is 0 Å². The summed E-state index contributed by atoms with van der Waals surface area (Å²) in [6, 6.07) is 11.1. The van der Waals surface area contributed by atoms with Crippen LogP contribution in [0.1, 0.15) is 26.3 Å². The van der Waals surface area contributed by atoms with Gasteiger partial charge in [0.25, 0.3) is 0 Å². The molecule has 0 aromatic heterocycles. The van der Waals surface area contributed by atoms with E-state index in [2.05, 4.69) is 0 Å². The van der Waals surface area contributed by atoms with E-state index in [1.165, 1.54) is 43.1 Å². The normalized spacial score (nSPS) is 10.3. The van der Waals surface area contributed by atoms with Crippen molar-refractivity contribution in [3.8, 4) is 5.75 Å². The number of benzene rings is 2. The summed E-state index contributed by atoms with van der Waals surface area (Å²) in [6.07, 6.45) is 1.92. The Morgan fingerprint density at radius 1 is 1.09 bits per heavy atom. The topological polar surface area (TPSA) is 72.8 Å². The van der Waals surface area contributed by atoms with E-state index in [-0.39, 0.29) is 18.1 Å². The van der Waals surface area contributed by atoms with Gasteiger partial charge in [-0.1, -0.05) is 12.1 Å². The van der Waals surface area contributed by atoms with Crippen LogP contribution in [0.15, 0.2) is 47.4 Å². The molecule has 0 radical (unpaired) electrons. The van der Waals surface area contributed by atoms with E-state index in [0.29, 0.717) is 16.9 Å². The molecular formula is C17H16O5S. The van der Waals surface area contributed by atoms with Crippen molar-refractivity contribution >= 4 is 23.5 Å². The first-order valence-corrected chi connectivity index (χ1v) is 7.97. The number of methoxy groups -OCH3 is 1. The molecule has 0 fully saturated rings. The fourth-order valence-corrected chi connectivity index (χ4v) is 2.42. The molecule has 0 heterocycles. The third kappa shape index (κ3) is 4.12. The number of thioether (sulfide) groups is 1. The van der Waals surface area contributed by atoms with Gasteiger partial charge in [-0.05, 0) is 36.6 Å². The minimum atomic E-state index is -1.03. The minimum absolute atomic E-state index is 0.0385. The SMILES string of the molecule is COCOc1ccc(SC)cc1C(=O)c1ccc(C(=O)O)cc1. The van der Waals surface area contributed by atoms with Crippen LogP contribution in [0, 0.1) is 0 Å². The molecule has 0 amide bonds. The van der Waals surface area contributed by atoms with Gasteiger partial charge in [0, 0.05) is 17.6 Å². The van der Waals surface area contributed by atoms with Crippen molar-refractivity contribution in [3.05, 3.63) is 59.2 Å². The second-order valence-corrected chi connectivity index (χ2v) is 5.50. The molecule has 5 nitrogen and oxygen atoms in total. The summed E-state index contributed by atoms with van der Waals surface area (Å²) in [5, 5.41) is 8.92. The van der Waals surface area contributed by atoms with Gasteiger partial charge in [-0.25, -0.2) is 4.79 Å². The summed E-state index contributed by atoms with van der Waals surface area (Å²) in [5.41, 5.74) is 0.947. The Bertz CT molecular complexity index is 709. The maximum absolute atomic E-state index is 12.7. The molecular weight excluding hydrogens is 316 g/mol. The Labute approximate surface area is 138 Å². The molecule has 0 spiro atoms. The van der Waals surface area contributed by atoms with Crippen LogP contribution in [0.4, 0.5) is 0 Å². The van der Waals surface area contributed by atoms with Gasteiger partial charge in [0.1, 0.15) is 5.75 Å². The van der Waals surface area contributed by atoms with E-state index in [0.717, 1.165) is 4.90 Å². The van der Waals surface area contributed by atoms with Crippen molar-refractivity contribution in [2.24, 2.45) is 0 Å². The van der Waals surface area contributed by atoms with E-state index in [1.807, 2.05) is 12.3 Å². The van der Waals surface area contributed by atoms with E-state index in [9.17, 15) is 9.59 Å². The second kappa shape index (κ2) is 7.80. The molecule has 23 heavy (non-hydrogen) atoms. The van der Waals surface area contributed by atoms with Crippen molar-refractivity contribution in [3.63, 3.8) is 0 Å². The predicted octanol–water partition coefficient (Wildman–Crippen LogP) is 3.32. The zero-order valence-electron chi connectivity index (χ0n) is 12.7. The highest BCUT2D eigenvalue weighted by Crippen LogP contribution is 2.27. The molecule has 0 aliphatic heterocycles. The summed E-state index contributed by atoms with van der Waals surface area (Å²) in [6.45, 7) is 0.0385. The zero-order chi connectivity index (χ0) is 16.8. The van der Waals surface area contributed by atoms with Gasteiger partial charge in [0.2, 0.25) is 0 Å². The monoisotopic (exact) mass is 332 g/mol. The zero-order valence-corrected chi connectivity index (χ0v) is 13.6. The number of rotatable bonds is 7. The largest absolute Gasteiger partial charge is 0.478 e. The van der Waals surface area contributed by atoms with Crippen molar-refractivity contribution in [1.82, 2.24) is 0 Å². The highest BCUT2D eigenvalue weighted by atomic mass is 32.2. The lowest BCUT2D eigenvalue weighted by Crippen LogP contribution is -2.08. The molecule has 6 heteroatoms. The lowest BCUT2D eigenvalue weighted by Gasteiger charge is -2.11. The average Bonchev–Trinajstić information content (AvgIpc) is 2.59. The first kappa shape index (κ1) is 17.1. The number of hydrogen-bond acceptors (Lipinski definition) is 5. The molecule has 0 bridgehead atoms. The molecule has 2 aromatic carbocycles. The fraction of sp³-hybridized carbons (Fsp3) is 0.176. The van der Waals surface area contributed by atoms with E-state index in [1.54, 1.807) is 12.1 Å². The first-order chi connectivity index (χ1) is 11.1. The first-order valence-electron chi connectivity index (χ1n) is 6.74. The highest BCUT2D eigenvalue weighted by molar-refractivity contribution is 7.98. The molecule has 2 aromatic rings. The van der Waals surface area contributed by atoms with Crippen LogP contribution in [-0.4, -0.2) is 37.0 Å². The Hall–Kier alpha value is -2.31. The number of carboxylic acids is 1. The molecule has 1 N–H and O–H groups in total. The lowest BCUT2D eigenvalue weighted by molar-refractivity contribution is 0.0503. The summed E-state index contributed by atoms with van der Waals surface area (Å²) in [5.74, 6) is -0.835. The molecule has 0 saturated carbocycles. The molecule has 0 atom stereocenters. The fourth-order valence-electron chi connectivity index (χ4n) is 1.98. The molecule has 120 valence electrons. The van der Waals surface area contributed by atoms with Crippen molar-refractivity contribution in [1.29, 1.82) is 0 Å². The number of carbonyl (C=O) groups excluding carboxylic acids is 1. The van der Waals surface area contributed by atoms with Gasteiger partial charge in [-0.15, -0.1) is 11.8 Å². The van der Waals surface area contributed by atoms with E-state index >= 15 is 0 Å². The van der Waals surface area contributed by atoms with Gasteiger partial charge in [0.05, 0.1) is 11.1 Å². The summed E-state index contributed by atoms with van der Waals surface area (Å²) < 4.78 is 10.3. The summed E-state index contributed by atoms with van der Waals surface area (Å²) in [4.78, 5) is 24.5. The second-order valence-electron chi connectivity index (χ2n) is 4.62. The van der Waals surface area contributed by atoms with Gasteiger partial charge in [-0.3, -0.25) is 4.79 Å². The average molecular weight is 332 g/mol. The molecule has 0 saturated heterocycles. The van der Waals surface area contributed by atoms with Crippen LogP contribution >= 0.6 is 11.8 Å².